The minimum absolute atomic E-state index is 0.0414. The molecule has 0 fully saturated rings. The van der Waals surface area contributed by atoms with Crippen LogP contribution in [0.1, 0.15) is 10.4 Å². The van der Waals surface area contributed by atoms with E-state index in [2.05, 4.69) is 5.32 Å². The lowest BCUT2D eigenvalue weighted by molar-refractivity contribution is 0.0698. The molecule has 0 atom stereocenters. The van der Waals surface area contributed by atoms with Crippen molar-refractivity contribution in [3.63, 3.8) is 0 Å². The Balaban J connectivity index is 1.98. The number of hydrogen-bond acceptors (Lipinski definition) is 4. The van der Waals surface area contributed by atoms with E-state index in [9.17, 15) is 4.79 Å². The fraction of sp³-hybridized carbons (Fsp3) is 0.133. The topological polar surface area (TPSA) is 84.6 Å². The predicted octanol–water partition coefficient (Wildman–Crippen LogP) is 3.11. The number of rotatable bonds is 6. The van der Waals surface area contributed by atoms with Crippen LogP contribution < -0.4 is 15.8 Å². The minimum Gasteiger partial charge on any atom is -0.492 e. The van der Waals surface area contributed by atoms with Crippen molar-refractivity contribution in [1.29, 1.82) is 0 Å². The molecule has 2 aromatic rings. The summed E-state index contributed by atoms with van der Waals surface area (Å²) in [4.78, 5) is 11.2. The summed E-state index contributed by atoms with van der Waals surface area (Å²) in [7, 11) is 0. The van der Waals surface area contributed by atoms with Crippen molar-refractivity contribution in [1.82, 2.24) is 0 Å². The van der Waals surface area contributed by atoms with E-state index in [1.165, 1.54) is 12.1 Å². The van der Waals surface area contributed by atoms with E-state index >= 15 is 0 Å². The van der Waals surface area contributed by atoms with E-state index < -0.39 is 5.97 Å². The van der Waals surface area contributed by atoms with Crippen molar-refractivity contribution < 1.29 is 14.6 Å². The third-order valence-corrected chi connectivity index (χ3v) is 3.06. The molecule has 0 unspecified atom stereocenters. The van der Waals surface area contributed by atoms with E-state index in [0.29, 0.717) is 24.5 Å². The number of benzene rings is 2. The van der Waals surface area contributed by atoms with Gasteiger partial charge in [-0.05, 0) is 24.3 Å². The molecular formula is C15H15ClN2O3. The maximum Gasteiger partial charge on any atom is 0.337 e. The van der Waals surface area contributed by atoms with Crippen molar-refractivity contribution in [2.75, 3.05) is 24.2 Å². The monoisotopic (exact) mass is 306 g/mol. The third kappa shape index (κ3) is 4.03. The second-order valence-corrected chi connectivity index (χ2v) is 4.73. The molecule has 110 valence electrons. The fourth-order valence-electron chi connectivity index (χ4n) is 1.84. The highest BCUT2D eigenvalue weighted by Gasteiger charge is 2.14. The SMILES string of the molecule is Nc1cc(Cl)c(NCCOc2ccccc2)c(C(=O)O)c1. The first-order valence-corrected chi connectivity index (χ1v) is 6.70. The summed E-state index contributed by atoms with van der Waals surface area (Å²) in [5, 5.41) is 12.4. The molecule has 0 aromatic heterocycles. The molecule has 0 heterocycles. The van der Waals surface area contributed by atoms with Gasteiger partial charge in [0.2, 0.25) is 0 Å². The van der Waals surface area contributed by atoms with Gasteiger partial charge in [-0.2, -0.15) is 0 Å². The molecule has 0 radical (unpaired) electrons. The lowest BCUT2D eigenvalue weighted by Crippen LogP contribution is -2.14. The Kier molecular flexibility index (Phi) is 4.90. The second-order valence-electron chi connectivity index (χ2n) is 4.32. The zero-order valence-electron chi connectivity index (χ0n) is 11.2. The number of carbonyl (C=O) groups is 1. The molecule has 0 aliphatic heterocycles. The van der Waals surface area contributed by atoms with Gasteiger partial charge in [-0.15, -0.1) is 0 Å². The largest absolute Gasteiger partial charge is 0.492 e. The number of aromatic carboxylic acids is 1. The van der Waals surface area contributed by atoms with Crippen molar-refractivity contribution in [3.05, 3.63) is 53.1 Å². The third-order valence-electron chi connectivity index (χ3n) is 2.76. The highest BCUT2D eigenvalue weighted by atomic mass is 35.5. The first-order valence-electron chi connectivity index (χ1n) is 6.32. The van der Waals surface area contributed by atoms with Crippen molar-refractivity contribution in [2.45, 2.75) is 0 Å². The predicted molar refractivity (Wildman–Crippen MR) is 83.3 cm³/mol. The molecule has 0 saturated heterocycles. The summed E-state index contributed by atoms with van der Waals surface area (Å²) in [6.07, 6.45) is 0. The number of nitrogens with one attached hydrogen (secondary N) is 1. The van der Waals surface area contributed by atoms with Gasteiger partial charge in [-0.25, -0.2) is 4.79 Å². The Hall–Kier alpha value is -2.40. The molecule has 2 aromatic carbocycles. The van der Waals surface area contributed by atoms with Gasteiger partial charge < -0.3 is 20.9 Å². The standard InChI is InChI=1S/C15H15ClN2O3/c16-13-9-10(17)8-12(15(19)20)14(13)18-6-7-21-11-4-2-1-3-5-11/h1-5,8-9,18H,6-7,17H2,(H,19,20). The number of halogens is 1. The summed E-state index contributed by atoms with van der Waals surface area (Å²) >= 11 is 6.03. The van der Waals surface area contributed by atoms with Crippen molar-refractivity contribution >= 4 is 28.9 Å². The van der Waals surface area contributed by atoms with Crippen molar-refractivity contribution in [2.24, 2.45) is 0 Å². The molecular weight excluding hydrogens is 292 g/mol. The summed E-state index contributed by atoms with van der Waals surface area (Å²) in [5.41, 5.74) is 6.29. The molecule has 4 N–H and O–H groups in total. The number of hydrogen-bond donors (Lipinski definition) is 3. The zero-order valence-corrected chi connectivity index (χ0v) is 11.9. The van der Waals surface area contributed by atoms with Crippen LogP contribution in [0.3, 0.4) is 0 Å². The van der Waals surface area contributed by atoms with Crippen LogP contribution in [0.25, 0.3) is 0 Å². The number of para-hydroxylation sites is 1. The van der Waals surface area contributed by atoms with Gasteiger partial charge in [0.25, 0.3) is 0 Å². The van der Waals surface area contributed by atoms with Crippen LogP contribution in [0.15, 0.2) is 42.5 Å². The van der Waals surface area contributed by atoms with E-state index in [-0.39, 0.29) is 10.6 Å². The van der Waals surface area contributed by atoms with E-state index in [1.54, 1.807) is 0 Å². The molecule has 0 bridgehead atoms. The lowest BCUT2D eigenvalue weighted by atomic mass is 10.1. The molecule has 0 spiro atoms. The number of carboxylic acid groups (broad SMARTS) is 1. The van der Waals surface area contributed by atoms with Gasteiger partial charge in [-0.3, -0.25) is 0 Å². The number of anilines is 2. The number of nitrogens with two attached hydrogens (primary N) is 1. The van der Waals surface area contributed by atoms with Crippen LogP contribution in [-0.4, -0.2) is 24.2 Å². The molecule has 0 aliphatic carbocycles. The van der Waals surface area contributed by atoms with Crippen LogP contribution in [-0.2, 0) is 0 Å². The van der Waals surface area contributed by atoms with Crippen LogP contribution >= 0.6 is 11.6 Å². The summed E-state index contributed by atoms with van der Waals surface area (Å²) < 4.78 is 5.51. The summed E-state index contributed by atoms with van der Waals surface area (Å²) in [6, 6.07) is 12.2. The fourth-order valence-corrected chi connectivity index (χ4v) is 2.13. The molecule has 0 aliphatic rings. The lowest BCUT2D eigenvalue weighted by Gasteiger charge is -2.13. The number of carboxylic acids is 1. The van der Waals surface area contributed by atoms with E-state index in [0.717, 1.165) is 5.75 Å². The van der Waals surface area contributed by atoms with Crippen molar-refractivity contribution in [3.8, 4) is 5.75 Å². The Morgan fingerprint density at radius 2 is 2.00 bits per heavy atom. The zero-order chi connectivity index (χ0) is 15.2. The first-order chi connectivity index (χ1) is 10.1. The highest BCUT2D eigenvalue weighted by Crippen LogP contribution is 2.29. The quantitative estimate of drug-likeness (QED) is 0.564. The Bertz CT molecular complexity index is 632. The normalized spacial score (nSPS) is 10.1. The van der Waals surface area contributed by atoms with Crippen LogP contribution in [0.2, 0.25) is 5.02 Å². The minimum atomic E-state index is -1.09. The van der Waals surface area contributed by atoms with E-state index in [4.69, 9.17) is 27.2 Å². The van der Waals surface area contributed by atoms with Gasteiger partial charge in [0.1, 0.15) is 12.4 Å². The first kappa shape index (κ1) is 15.0. The smallest absolute Gasteiger partial charge is 0.337 e. The van der Waals surface area contributed by atoms with Gasteiger partial charge in [0.05, 0.1) is 16.3 Å². The van der Waals surface area contributed by atoms with Gasteiger partial charge >= 0.3 is 5.97 Å². The maximum atomic E-state index is 11.2. The number of ether oxygens (including phenoxy) is 1. The van der Waals surface area contributed by atoms with Crippen LogP contribution in [0, 0.1) is 0 Å². The van der Waals surface area contributed by atoms with E-state index in [1.807, 2.05) is 30.3 Å². The Morgan fingerprint density at radius 1 is 1.29 bits per heavy atom. The summed E-state index contributed by atoms with van der Waals surface area (Å²) in [6.45, 7) is 0.794. The van der Waals surface area contributed by atoms with Gasteiger partial charge in [-0.1, -0.05) is 29.8 Å². The highest BCUT2D eigenvalue weighted by molar-refractivity contribution is 6.34. The molecule has 21 heavy (non-hydrogen) atoms. The maximum absolute atomic E-state index is 11.2. The Morgan fingerprint density at radius 3 is 2.67 bits per heavy atom. The van der Waals surface area contributed by atoms with Crippen LogP contribution in [0.5, 0.6) is 5.75 Å². The van der Waals surface area contributed by atoms with Gasteiger partial charge in [0, 0.05) is 12.2 Å². The van der Waals surface area contributed by atoms with Gasteiger partial charge in [0.15, 0.2) is 0 Å². The molecule has 0 amide bonds. The molecule has 6 heteroatoms. The molecule has 0 saturated carbocycles. The van der Waals surface area contributed by atoms with Crippen LogP contribution in [0.4, 0.5) is 11.4 Å². The molecule has 5 nitrogen and oxygen atoms in total. The summed E-state index contributed by atoms with van der Waals surface area (Å²) in [5.74, 6) is -0.336. The average molecular weight is 307 g/mol. The molecule has 2 rings (SSSR count). The average Bonchev–Trinajstić information content (AvgIpc) is 2.45. The Labute approximate surface area is 127 Å². The number of nitrogen functional groups attached to an aromatic ring is 1. The second kappa shape index (κ2) is 6.85.